The van der Waals surface area contributed by atoms with Crippen LogP contribution in [0.4, 0.5) is 4.39 Å². The number of fused-ring (bicyclic) bond motifs is 3. The van der Waals surface area contributed by atoms with Crippen molar-refractivity contribution >= 4 is 32.7 Å². The minimum atomic E-state index is -2.20. The van der Waals surface area contributed by atoms with Crippen LogP contribution < -0.4 is 4.74 Å². The molecule has 0 spiro atoms. The van der Waals surface area contributed by atoms with Crippen molar-refractivity contribution in [2.75, 3.05) is 7.11 Å². The number of hydrogen-bond donors (Lipinski definition) is 1. The Morgan fingerprint density at radius 1 is 1.22 bits per heavy atom. The number of carbonyl (C=O) groups is 1. The van der Waals surface area contributed by atoms with Gasteiger partial charge in [0.2, 0.25) is 0 Å². The Morgan fingerprint density at radius 3 is 2.78 bits per heavy atom. The van der Waals surface area contributed by atoms with Crippen molar-refractivity contribution in [2.24, 2.45) is 0 Å². The fourth-order valence-electron chi connectivity index (χ4n) is 3.59. The van der Waals surface area contributed by atoms with Gasteiger partial charge in [0, 0.05) is 27.8 Å². The Bertz CT molecular complexity index is 1050. The molecule has 1 aliphatic rings. The molecular weight excluding hydrogens is 415 g/mol. The van der Waals surface area contributed by atoms with Crippen LogP contribution in [0.2, 0.25) is 0 Å². The summed E-state index contributed by atoms with van der Waals surface area (Å²) in [6.07, 6.45) is -0.154. The fraction of sp³-hybridized carbons (Fsp3) is 0.190. The standard InChI is InChI=1S/C21H16BrFO4/c1-26-20(24)21(25)11-17(16-10-13(22)7-9-18(16)23)15-8-6-12-4-2-3-5-14(12)19(15)27-21/h2-10,17,25H,11H2,1H3/t17-,21-/m1/s1. The Morgan fingerprint density at radius 2 is 2.00 bits per heavy atom. The van der Waals surface area contributed by atoms with Crippen molar-refractivity contribution in [1.29, 1.82) is 0 Å². The number of carbonyl (C=O) groups excluding carboxylic acids is 1. The normalized spacial score (nSPS) is 21.4. The quantitative estimate of drug-likeness (QED) is 0.607. The Labute approximate surface area is 163 Å². The lowest BCUT2D eigenvalue weighted by Gasteiger charge is -2.37. The molecule has 1 heterocycles. The minimum absolute atomic E-state index is 0.154. The van der Waals surface area contributed by atoms with E-state index >= 15 is 0 Å². The van der Waals surface area contributed by atoms with Crippen molar-refractivity contribution in [3.63, 3.8) is 0 Å². The maximum absolute atomic E-state index is 14.6. The highest BCUT2D eigenvalue weighted by atomic mass is 79.9. The van der Waals surface area contributed by atoms with Gasteiger partial charge in [-0.05, 0) is 29.1 Å². The zero-order valence-corrected chi connectivity index (χ0v) is 16.0. The number of halogens is 2. The van der Waals surface area contributed by atoms with Crippen molar-refractivity contribution in [3.05, 3.63) is 76.0 Å². The molecule has 4 rings (SSSR count). The van der Waals surface area contributed by atoms with Gasteiger partial charge in [-0.15, -0.1) is 0 Å². The van der Waals surface area contributed by atoms with Crippen LogP contribution in [0, 0.1) is 5.82 Å². The van der Waals surface area contributed by atoms with Crippen LogP contribution in [0.1, 0.15) is 23.5 Å². The molecule has 0 fully saturated rings. The molecule has 0 unspecified atom stereocenters. The molecule has 0 radical (unpaired) electrons. The average molecular weight is 431 g/mol. The lowest BCUT2D eigenvalue weighted by atomic mass is 9.81. The second kappa shape index (κ2) is 6.62. The van der Waals surface area contributed by atoms with Crippen LogP contribution in [-0.2, 0) is 9.53 Å². The summed E-state index contributed by atoms with van der Waals surface area (Å²) in [7, 11) is 1.18. The molecule has 27 heavy (non-hydrogen) atoms. The van der Waals surface area contributed by atoms with Crippen LogP contribution in [0.3, 0.4) is 0 Å². The second-order valence-corrected chi connectivity index (χ2v) is 7.42. The summed E-state index contributed by atoms with van der Waals surface area (Å²) in [6.45, 7) is 0. The number of esters is 1. The van der Waals surface area contributed by atoms with Gasteiger partial charge in [0.15, 0.2) is 0 Å². The Kier molecular flexibility index (Phi) is 4.40. The SMILES string of the molecule is COC(=O)[C@@]1(O)C[C@@H](c2cc(Br)ccc2F)c2ccc3ccccc3c2O1. The maximum atomic E-state index is 14.6. The van der Waals surface area contributed by atoms with Crippen LogP contribution in [0.5, 0.6) is 5.75 Å². The molecule has 138 valence electrons. The third kappa shape index (κ3) is 2.99. The Hall–Kier alpha value is -2.44. The first kappa shape index (κ1) is 17.9. The predicted molar refractivity (Wildman–Crippen MR) is 102 cm³/mol. The lowest BCUT2D eigenvalue weighted by Crippen LogP contribution is -2.49. The van der Waals surface area contributed by atoms with Gasteiger partial charge in [-0.2, -0.15) is 0 Å². The third-order valence-electron chi connectivity index (χ3n) is 4.87. The molecular formula is C21H16BrFO4. The summed E-state index contributed by atoms with van der Waals surface area (Å²) in [5, 5.41) is 12.5. The summed E-state index contributed by atoms with van der Waals surface area (Å²) in [5.41, 5.74) is 1.07. The van der Waals surface area contributed by atoms with Gasteiger partial charge in [0.25, 0.3) is 0 Å². The monoisotopic (exact) mass is 430 g/mol. The first-order valence-corrected chi connectivity index (χ1v) is 9.18. The van der Waals surface area contributed by atoms with Gasteiger partial charge in [-0.1, -0.05) is 52.3 Å². The summed E-state index contributed by atoms with van der Waals surface area (Å²) in [6, 6.07) is 15.8. The van der Waals surface area contributed by atoms with E-state index in [2.05, 4.69) is 15.9 Å². The predicted octanol–water partition coefficient (Wildman–Crippen LogP) is 4.52. The van der Waals surface area contributed by atoms with Gasteiger partial charge in [0.05, 0.1) is 7.11 Å². The van der Waals surface area contributed by atoms with Crippen molar-refractivity contribution in [3.8, 4) is 5.75 Å². The van der Waals surface area contributed by atoms with E-state index in [0.717, 1.165) is 10.8 Å². The van der Waals surface area contributed by atoms with E-state index in [1.54, 1.807) is 12.1 Å². The van der Waals surface area contributed by atoms with E-state index in [1.165, 1.54) is 13.2 Å². The highest BCUT2D eigenvalue weighted by Gasteiger charge is 2.48. The van der Waals surface area contributed by atoms with E-state index in [4.69, 9.17) is 9.47 Å². The highest BCUT2D eigenvalue weighted by Crippen LogP contribution is 2.47. The molecule has 0 saturated carbocycles. The number of methoxy groups -OCH3 is 1. The van der Waals surface area contributed by atoms with Crippen molar-refractivity contribution in [2.45, 2.75) is 18.1 Å². The van der Waals surface area contributed by atoms with E-state index in [1.807, 2.05) is 36.4 Å². The van der Waals surface area contributed by atoms with Gasteiger partial charge in [-0.25, -0.2) is 9.18 Å². The van der Waals surface area contributed by atoms with E-state index in [9.17, 15) is 14.3 Å². The summed E-state index contributed by atoms with van der Waals surface area (Å²) < 4.78 is 25.8. The zero-order valence-electron chi connectivity index (χ0n) is 14.4. The number of benzene rings is 3. The topological polar surface area (TPSA) is 55.8 Å². The molecule has 1 N–H and O–H groups in total. The molecule has 3 aromatic rings. The molecule has 6 heteroatoms. The molecule has 0 amide bonds. The van der Waals surface area contributed by atoms with Crippen LogP contribution >= 0.6 is 15.9 Å². The number of rotatable bonds is 2. The fourth-order valence-corrected chi connectivity index (χ4v) is 3.97. The van der Waals surface area contributed by atoms with Gasteiger partial charge >= 0.3 is 11.8 Å². The van der Waals surface area contributed by atoms with Crippen molar-refractivity contribution in [1.82, 2.24) is 0 Å². The molecule has 3 aromatic carbocycles. The van der Waals surface area contributed by atoms with E-state index in [-0.39, 0.29) is 6.42 Å². The van der Waals surface area contributed by atoms with E-state index in [0.29, 0.717) is 21.3 Å². The van der Waals surface area contributed by atoms with E-state index < -0.39 is 23.5 Å². The molecule has 1 aliphatic heterocycles. The number of hydrogen-bond acceptors (Lipinski definition) is 4. The smallest absolute Gasteiger partial charge is 0.379 e. The molecule has 0 aromatic heterocycles. The zero-order chi connectivity index (χ0) is 19.2. The maximum Gasteiger partial charge on any atom is 0.379 e. The molecule has 2 atom stereocenters. The second-order valence-electron chi connectivity index (χ2n) is 6.51. The van der Waals surface area contributed by atoms with Crippen LogP contribution in [0.25, 0.3) is 10.8 Å². The number of ether oxygens (including phenoxy) is 2. The van der Waals surface area contributed by atoms with Crippen molar-refractivity contribution < 1.29 is 23.8 Å². The molecule has 4 nitrogen and oxygen atoms in total. The summed E-state index contributed by atoms with van der Waals surface area (Å²) in [4.78, 5) is 12.3. The largest absolute Gasteiger partial charge is 0.464 e. The Balaban J connectivity index is 1.98. The summed E-state index contributed by atoms with van der Waals surface area (Å²) >= 11 is 3.36. The molecule has 0 aliphatic carbocycles. The minimum Gasteiger partial charge on any atom is -0.464 e. The van der Waals surface area contributed by atoms with Gasteiger partial charge in [0.1, 0.15) is 11.6 Å². The average Bonchev–Trinajstić information content (AvgIpc) is 2.68. The van der Waals surface area contributed by atoms with Crippen LogP contribution in [-0.4, -0.2) is 24.0 Å². The van der Waals surface area contributed by atoms with Gasteiger partial charge < -0.3 is 14.6 Å². The number of aliphatic hydroxyl groups is 1. The van der Waals surface area contributed by atoms with Crippen LogP contribution in [0.15, 0.2) is 59.1 Å². The lowest BCUT2D eigenvalue weighted by molar-refractivity contribution is -0.202. The first-order chi connectivity index (χ1) is 12.9. The third-order valence-corrected chi connectivity index (χ3v) is 5.37. The molecule has 0 saturated heterocycles. The summed E-state index contributed by atoms with van der Waals surface area (Å²) in [5.74, 6) is -3.76. The molecule has 0 bridgehead atoms. The van der Waals surface area contributed by atoms with Gasteiger partial charge in [-0.3, -0.25) is 0 Å². The highest BCUT2D eigenvalue weighted by molar-refractivity contribution is 9.10. The first-order valence-electron chi connectivity index (χ1n) is 8.39.